The molecule has 0 bridgehead atoms. The lowest BCUT2D eigenvalue weighted by molar-refractivity contribution is 0.309. The molecule has 1 aromatic heterocycles. The Labute approximate surface area is 169 Å². The second-order valence-corrected chi connectivity index (χ2v) is 6.84. The third-order valence-electron chi connectivity index (χ3n) is 4.55. The Balaban J connectivity index is 2.06. The van der Waals surface area contributed by atoms with E-state index in [9.17, 15) is 9.90 Å². The second kappa shape index (κ2) is 8.26. The Morgan fingerprint density at radius 3 is 2.38 bits per heavy atom. The number of H-pyrrole nitrogens is 1. The summed E-state index contributed by atoms with van der Waals surface area (Å²) < 4.78 is 10.8. The quantitative estimate of drug-likeness (QED) is 0.578. The zero-order valence-electron chi connectivity index (χ0n) is 17.2. The minimum Gasteiger partial charge on any atom is -0.507 e. The molecule has 29 heavy (non-hydrogen) atoms. The lowest BCUT2D eigenvalue weighted by Gasteiger charge is -2.15. The highest BCUT2D eigenvalue weighted by molar-refractivity contribution is 5.74. The highest BCUT2D eigenvalue weighted by atomic mass is 16.5. The molecule has 0 fully saturated rings. The van der Waals surface area contributed by atoms with Gasteiger partial charge in [-0.15, -0.1) is 0 Å². The average Bonchev–Trinajstić information content (AvgIpc) is 2.64. The van der Waals surface area contributed by atoms with Gasteiger partial charge in [0.15, 0.2) is 11.5 Å². The normalized spacial score (nSPS) is 10.7. The molecule has 2 aromatic carbocycles. The van der Waals surface area contributed by atoms with Crippen molar-refractivity contribution in [1.29, 1.82) is 0 Å². The summed E-state index contributed by atoms with van der Waals surface area (Å²) in [6.07, 6.45) is 0. The zero-order chi connectivity index (χ0) is 21.1. The van der Waals surface area contributed by atoms with Crippen LogP contribution < -0.4 is 20.5 Å². The van der Waals surface area contributed by atoms with E-state index in [2.05, 4.69) is 27.4 Å². The highest BCUT2D eigenvalue weighted by Gasteiger charge is 2.15. The Morgan fingerprint density at radius 2 is 1.76 bits per heavy atom. The summed E-state index contributed by atoms with van der Waals surface area (Å²) in [5, 5.41) is 13.7. The molecule has 1 heterocycles. The number of anilines is 2. The molecule has 152 valence electrons. The van der Waals surface area contributed by atoms with E-state index in [0.717, 1.165) is 22.4 Å². The average molecular weight is 395 g/mol. The van der Waals surface area contributed by atoms with Gasteiger partial charge < -0.3 is 24.9 Å². The molecule has 0 saturated carbocycles. The highest BCUT2D eigenvalue weighted by Crippen LogP contribution is 2.39. The van der Waals surface area contributed by atoms with E-state index >= 15 is 0 Å². The maximum atomic E-state index is 12.2. The van der Waals surface area contributed by atoms with Gasteiger partial charge >= 0.3 is 5.69 Å². The number of ether oxygens (including phenoxy) is 2. The summed E-state index contributed by atoms with van der Waals surface area (Å²) in [7, 11) is 1.52. The molecule has 0 aliphatic carbocycles. The smallest absolute Gasteiger partial charge is 0.347 e. The van der Waals surface area contributed by atoms with Gasteiger partial charge in [-0.2, -0.15) is 4.98 Å². The van der Waals surface area contributed by atoms with Crippen molar-refractivity contribution in [3.63, 3.8) is 0 Å². The summed E-state index contributed by atoms with van der Waals surface area (Å²) in [4.78, 5) is 18.9. The van der Waals surface area contributed by atoms with Crippen LogP contribution in [0.15, 0.2) is 35.1 Å². The first-order valence-electron chi connectivity index (χ1n) is 9.32. The summed E-state index contributed by atoms with van der Waals surface area (Å²) >= 11 is 0. The van der Waals surface area contributed by atoms with Crippen molar-refractivity contribution < 1.29 is 14.6 Å². The van der Waals surface area contributed by atoms with Crippen LogP contribution in [0.3, 0.4) is 0 Å². The molecule has 0 amide bonds. The van der Waals surface area contributed by atoms with Crippen molar-refractivity contribution in [2.45, 2.75) is 27.7 Å². The van der Waals surface area contributed by atoms with Crippen molar-refractivity contribution in [1.82, 2.24) is 9.97 Å². The Morgan fingerprint density at radius 1 is 1.07 bits per heavy atom. The van der Waals surface area contributed by atoms with Crippen LogP contribution in [0.2, 0.25) is 0 Å². The van der Waals surface area contributed by atoms with Gasteiger partial charge in [-0.3, -0.25) is 0 Å². The molecule has 0 spiro atoms. The summed E-state index contributed by atoms with van der Waals surface area (Å²) in [6, 6.07) is 8.89. The monoisotopic (exact) mass is 395 g/mol. The van der Waals surface area contributed by atoms with Crippen LogP contribution in [0.25, 0.3) is 11.3 Å². The van der Waals surface area contributed by atoms with Crippen LogP contribution in [0.4, 0.5) is 11.5 Å². The minimum atomic E-state index is -0.528. The van der Waals surface area contributed by atoms with Gasteiger partial charge in [-0.1, -0.05) is 17.7 Å². The number of aromatic hydroxyl groups is 1. The molecule has 7 heteroatoms. The zero-order valence-corrected chi connectivity index (χ0v) is 17.2. The van der Waals surface area contributed by atoms with E-state index in [1.807, 2.05) is 27.7 Å². The van der Waals surface area contributed by atoms with Crippen LogP contribution in [-0.4, -0.2) is 28.8 Å². The standard InChI is InChI=1S/C22H25N3O4/c1-6-29-19-11-17(26)15(9-18(19)28-5)16-10-20(25-22(27)23-16)24-21-13(3)7-12(2)8-14(21)4/h7-11,26H,6H2,1-5H3,(H2,23,24,25,27). The van der Waals surface area contributed by atoms with Gasteiger partial charge in [0.05, 0.1) is 19.4 Å². The van der Waals surface area contributed by atoms with E-state index < -0.39 is 5.69 Å². The Bertz CT molecular complexity index is 1080. The topological polar surface area (TPSA) is 96.5 Å². The maximum absolute atomic E-state index is 12.2. The minimum absolute atomic E-state index is 0.0373. The largest absolute Gasteiger partial charge is 0.507 e. The van der Waals surface area contributed by atoms with Crippen molar-refractivity contribution in [2.24, 2.45) is 0 Å². The SMILES string of the molecule is CCOc1cc(O)c(-c2cc(Nc3c(C)cc(C)cc3C)nc(=O)[nH]2)cc1OC. The van der Waals surface area contributed by atoms with Crippen LogP contribution in [0, 0.1) is 20.8 Å². The first kappa shape index (κ1) is 20.3. The van der Waals surface area contributed by atoms with E-state index in [1.54, 1.807) is 12.1 Å². The molecule has 0 saturated heterocycles. The van der Waals surface area contributed by atoms with E-state index in [4.69, 9.17) is 9.47 Å². The number of rotatable bonds is 6. The fourth-order valence-electron chi connectivity index (χ4n) is 3.36. The number of nitrogens with zero attached hydrogens (tertiary/aromatic N) is 1. The lowest BCUT2D eigenvalue weighted by atomic mass is 10.0. The van der Waals surface area contributed by atoms with E-state index in [0.29, 0.717) is 35.2 Å². The number of phenolic OH excluding ortho intramolecular Hbond substituents is 1. The van der Waals surface area contributed by atoms with Gasteiger partial charge in [0.25, 0.3) is 0 Å². The molecule has 0 aliphatic rings. The van der Waals surface area contributed by atoms with Gasteiger partial charge in [0.1, 0.15) is 11.6 Å². The maximum Gasteiger partial charge on any atom is 0.347 e. The molecule has 3 aromatic rings. The van der Waals surface area contributed by atoms with Crippen LogP contribution in [-0.2, 0) is 0 Å². The number of hydrogen-bond acceptors (Lipinski definition) is 6. The lowest BCUT2D eigenvalue weighted by Crippen LogP contribution is -2.13. The predicted molar refractivity (Wildman–Crippen MR) is 114 cm³/mol. The predicted octanol–water partition coefficient (Wildman–Crippen LogP) is 4.22. The van der Waals surface area contributed by atoms with Crippen molar-refractivity contribution >= 4 is 11.5 Å². The van der Waals surface area contributed by atoms with E-state index in [1.165, 1.54) is 13.2 Å². The number of hydrogen-bond donors (Lipinski definition) is 3. The third-order valence-corrected chi connectivity index (χ3v) is 4.55. The molecular weight excluding hydrogens is 370 g/mol. The molecule has 0 atom stereocenters. The summed E-state index contributed by atoms with van der Waals surface area (Å²) in [6.45, 7) is 8.32. The number of nitrogens with one attached hydrogen (secondary N) is 2. The van der Waals surface area contributed by atoms with Gasteiger partial charge in [-0.05, 0) is 44.9 Å². The summed E-state index contributed by atoms with van der Waals surface area (Å²) in [5.74, 6) is 1.23. The number of aromatic amines is 1. The molecule has 0 unspecified atom stereocenters. The van der Waals surface area contributed by atoms with Gasteiger partial charge in [0, 0.05) is 23.4 Å². The van der Waals surface area contributed by atoms with Crippen LogP contribution in [0.5, 0.6) is 17.2 Å². The van der Waals surface area contributed by atoms with Crippen LogP contribution >= 0.6 is 0 Å². The van der Waals surface area contributed by atoms with E-state index in [-0.39, 0.29) is 5.75 Å². The Kier molecular flexibility index (Phi) is 5.77. The fraction of sp³-hybridized carbons (Fsp3) is 0.273. The van der Waals surface area contributed by atoms with Crippen molar-refractivity contribution in [3.8, 4) is 28.5 Å². The first-order chi connectivity index (χ1) is 13.8. The van der Waals surface area contributed by atoms with Gasteiger partial charge in [-0.25, -0.2) is 4.79 Å². The first-order valence-corrected chi connectivity index (χ1v) is 9.32. The molecule has 0 aliphatic heterocycles. The number of benzene rings is 2. The number of methoxy groups -OCH3 is 1. The van der Waals surface area contributed by atoms with Crippen molar-refractivity contribution in [3.05, 3.63) is 57.5 Å². The summed E-state index contributed by atoms with van der Waals surface area (Å²) in [5.41, 5.74) is 4.46. The number of aromatic nitrogens is 2. The Hall–Kier alpha value is -3.48. The number of phenols is 1. The fourth-order valence-corrected chi connectivity index (χ4v) is 3.36. The van der Waals surface area contributed by atoms with Crippen LogP contribution in [0.1, 0.15) is 23.6 Å². The molecule has 7 nitrogen and oxygen atoms in total. The molecule has 0 radical (unpaired) electrons. The molecule has 3 rings (SSSR count). The number of aryl methyl sites for hydroxylation is 3. The third kappa shape index (κ3) is 4.34. The molecule has 3 N–H and O–H groups in total. The molecular formula is C22H25N3O4. The van der Waals surface area contributed by atoms with Crippen molar-refractivity contribution in [2.75, 3.05) is 19.0 Å². The van der Waals surface area contributed by atoms with Gasteiger partial charge in [0.2, 0.25) is 0 Å². The second-order valence-electron chi connectivity index (χ2n) is 6.84.